The number of piperazine rings is 1. The van der Waals surface area contributed by atoms with Gasteiger partial charge >= 0.3 is 0 Å². The molecule has 2 atom stereocenters. The van der Waals surface area contributed by atoms with Crippen LogP contribution in [-0.4, -0.2) is 77.0 Å². The Balaban J connectivity index is 1.50. The van der Waals surface area contributed by atoms with Crippen molar-refractivity contribution in [2.24, 2.45) is 5.92 Å². The molecule has 0 bridgehead atoms. The first-order chi connectivity index (χ1) is 11.5. The Morgan fingerprint density at radius 2 is 2.12 bits per heavy atom. The molecule has 132 valence electrons. The van der Waals surface area contributed by atoms with Gasteiger partial charge < -0.3 is 19.3 Å². The third kappa shape index (κ3) is 3.96. The second kappa shape index (κ2) is 7.36. The number of likely N-dealkylation sites (tertiary alicyclic amines) is 1. The van der Waals surface area contributed by atoms with Gasteiger partial charge in [-0.15, -0.1) is 0 Å². The van der Waals surface area contributed by atoms with Crippen molar-refractivity contribution in [3.05, 3.63) is 24.2 Å². The molecule has 7 nitrogen and oxygen atoms in total. The highest BCUT2D eigenvalue weighted by Gasteiger charge is 2.37. The van der Waals surface area contributed by atoms with Gasteiger partial charge in [0.05, 0.1) is 24.8 Å². The van der Waals surface area contributed by atoms with E-state index in [0.717, 1.165) is 18.8 Å². The summed E-state index contributed by atoms with van der Waals surface area (Å²) in [4.78, 5) is 30.5. The molecule has 1 aromatic heterocycles. The molecule has 2 aliphatic heterocycles. The number of hydrogen-bond acceptors (Lipinski definition) is 5. The molecular formula is C17H25N3O4. The van der Waals surface area contributed by atoms with E-state index in [1.165, 1.54) is 0 Å². The van der Waals surface area contributed by atoms with Crippen molar-refractivity contribution in [1.82, 2.24) is 14.7 Å². The van der Waals surface area contributed by atoms with Gasteiger partial charge in [0.1, 0.15) is 5.76 Å². The number of aliphatic hydroxyl groups is 1. The fourth-order valence-corrected chi connectivity index (χ4v) is 3.46. The minimum atomic E-state index is -0.352. The summed E-state index contributed by atoms with van der Waals surface area (Å²) in [7, 11) is 0. The van der Waals surface area contributed by atoms with Crippen molar-refractivity contribution < 1.29 is 19.1 Å². The van der Waals surface area contributed by atoms with Crippen LogP contribution in [0.15, 0.2) is 22.8 Å². The Bertz CT molecular complexity index is 564. The van der Waals surface area contributed by atoms with Crippen LogP contribution in [0.4, 0.5) is 0 Å². The maximum Gasteiger partial charge on any atom is 0.228 e. The highest BCUT2D eigenvalue weighted by molar-refractivity contribution is 5.89. The lowest BCUT2D eigenvalue weighted by Crippen LogP contribution is -2.51. The number of furan rings is 1. The van der Waals surface area contributed by atoms with Crippen molar-refractivity contribution in [2.45, 2.75) is 26.0 Å². The van der Waals surface area contributed by atoms with Crippen molar-refractivity contribution in [3.63, 3.8) is 0 Å². The first-order valence-corrected chi connectivity index (χ1v) is 8.52. The molecule has 0 spiro atoms. The maximum atomic E-state index is 12.7. The fraction of sp³-hybridized carbons (Fsp3) is 0.647. The number of aliphatic hydroxyl groups excluding tert-OH is 1. The molecule has 0 unspecified atom stereocenters. The second-order valence-corrected chi connectivity index (χ2v) is 6.73. The Morgan fingerprint density at radius 1 is 1.38 bits per heavy atom. The predicted molar refractivity (Wildman–Crippen MR) is 86.9 cm³/mol. The average molecular weight is 335 g/mol. The average Bonchev–Trinajstić information content (AvgIpc) is 3.18. The van der Waals surface area contributed by atoms with Crippen LogP contribution in [0, 0.1) is 5.92 Å². The minimum absolute atomic E-state index is 0.0116. The molecular weight excluding hydrogens is 310 g/mol. The summed E-state index contributed by atoms with van der Waals surface area (Å²) < 4.78 is 5.28. The maximum absolute atomic E-state index is 12.7. The zero-order valence-electron chi connectivity index (χ0n) is 14.1. The SMILES string of the molecule is C[C@H](O)CN1CCN(C(=O)[C@@H]2CC(=O)N(Cc3ccco3)C2)CC1. The summed E-state index contributed by atoms with van der Waals surface area (Å²) in [5, 5.41) is 9.44. The van der Waals surface area contributed by atoms with Gasteiger partial charge in [-0.05, 0) is 19.1 Å². The Kier molecular flexibility index (Phi) is 5.20. The number of nitrogens with zero attached hydrogens (tertiary/aromatic N) is 3. The van der Waals surface area contributed by atoms with E-state index in [1.807, 2.05) is 11.0 Å². The zero-order chi connectivity index (χ0) is 17.1. The Hall–Kier alpha value is -1.86. The summed E-state index contributed by atoms with van der Waals surface area (Å²) in [6.07, 6.45) is 1.52. The molecule has 2 saturated heterocycles. The smallest absolute Gasteiger partial charge is 0.228 e. The fourth-order valence-electron chi connectivity index (χ4n) is 3.46. The number of carbonyl (C=O) groups is 2. The monoisotopic (exact) mass is 335 g/mol. The van der Waals surface area contributed by atoms with Crippen LogP contribution in [0.5, 0.6) is 0 Å². The molecule has 3 rings (SSSR count). The number of rotatable bonds is 5. The lowest BCUT2D eigenvalue weighted by atomic mass is 10.1. The quantitative estimate of drug-likeness (QED) is 0.829. The van der Waals surface area contributed by atoms with Gasteiger partial charge in [-0.1, -0.05) is 0 Å². The number of hydrogen-bond donors (Lipinski definition) is 1. The summed E-state index contributed by atoms with van der Waals surface area (Å²) in [5.74, 6) is 0.568. The number of β-amino-alcohol motifs (C(OH)–C–C–N with tert-alkyl or cyclic N) is 1. The summed E-state index contributed by atoms with van der Waals surface area (Å²) in [6.45, 7) is 6.17. The minimum Gasteiger partial charge on any atom is -0.467 e. The number of amides is 2. The van der Waals surface area contributed by atoms with Gasteiger partial charge in [0.25, 0.3) is 0 Å². The highest BCUT2D eigenvalue weighted by atomic mass is 16.3. The van der Waals surface area contributed by atoms with Crippen LogP contribution < -0.4 is 0 Å². The highest BCUT2D eigenvalue weighted by Crippen LogP contribution is 2.23. The van der Waals surface area contributed by atoms with E-state index in [1.54, 1.807) is 24.2 Å². The van der Waals surface area contributed by atoms with Gasteiger partial charge in [0.2, 0.25) is 11.8 Å². The standard InChI is InChI=1S/C17H25N3O4/c1-13(21)10-18-4-6-19(7-5-18)17(23)14-9-16(22)20(11-14)12-15-3-2-8-24-15/h2-3,8,13-14,21H,4-7,9-12H2,1H3/t13-,14+/m0/s1. The second-order valence-electron chi connectivity index (χ2n) is 6.73. The molecule has 0 aliphatic carbocycles. The molecule has 1 N–H and O–H groups in total. The molecule has 1 aromatic rings. The first kappa shape index (κ1) is 17.0. The van der Waals surface area contributed by atoms with Crippen LogP contribution in [0.2, 0.25) is 0 Å². The van der Waals surface area contributed by atoms with Crippen LogP contribution in [0.25, 0.3) is 0 Å². The van der Waals surface area contributed by atoms with Gasteiger partial charge in [0, 0.05) is 45.7 Å². The molecule has 2 aliphatic rings. The van der Waals surface area contributed by atoms with E-state index in [-0.39, 0.29) is 30.3 Å². The van der Waals surface area contributed by atoms with Gasteiger partial charge in [-0.3, -0.25) is 14.5 Å². The zero-order valence-corrected chi connectivity index (χ0v) is 14.1. The third-order valence-electron chi connectivity index (χ3n) is 4.70. The van der Waals surface area contributed by atoms with E-state index in [4.69, 9.17) is 4.42 Å². The summed E-state index contributed by atoms with van der Waals surface area (Å²) >= 11 is 0. The normalized spacial score (nSPS) is 23.8. The van der Waals surface area contributed by atoms with E-state index in [2.05, 4.69) is 4.90 Å². The molecule has 3 heterocycles. The van der Waals surface area contributed by atoms with Crippen molar-refractivity contribution in [2.75, 3.05) is 39.3 Å². The molecule has 2 fully saturated rings. The molecule has 2 amide bonds. The van der Waals surface area contributed by atoms with E-state index in [0.29, 0.717) is 32.7 Å². The predicted octanol–water partition coefficient (Wildman–Crippen LogP) is 0.153. The van der Waals surface area contributed by atoms with E-state index in [9.17, 15) is 14.7 Å². The lowest BCUT2D eigenvalue weighted by Gasteiger charge is -2.36. The van der Waals surface area contributed by atoms with Gasteiger partial charge in [-0.25, -0.2) is 0 Å². The molecule has 7 heteroatoms. The first-order valence-electron chi connectivity index (χ1n) is 8.52. The molecule has 0 radical (unpaired) electrons. The Labute approximate surface area is 141 Å². The van der Waals surface area contributed by atoms with E-state index >= 15 is 0 Å². The van der Waals surface area contributed by atoms with Crippen molar-refractivity contribution in [1.29, 1.82) is 0 Å². The van der Waals surface area contributed by atoms with E-state index < -0.39 is 0 Å². The third-order valence-corrected chi connectivity index (χ3v) is 4.70. The summed E-state index contributed by atoms with van der Waals surface area (Å²) in [5.41, 5.74) is 0. The molecule has 0 saturated carbocycles. The van der Waals surface area contributed by atoms with Crippen LogP contribution >= 0.6 is 0 Å². The van der Waals surface area contributed by atoms with Crippen molar-refractivity contribution in [3.8, 4) is 0 Å². The van der Waals surface area contributed by atoms with Crippen LogP contribution in [-0.2, 0) is 16.1 Å². The topological polar surface area (TPSA) is 77.2 Å². The van der Waals surface area contributed by atoms with Gasteiger partial charge in [0.15, 0.2) is 0 Å². The largest absolute Gasteiger partial charge is 0.467 e. The van der Waals surface area contributed by atoms with Crippen LogP contribution in [0.3, 0.4) is 0 Å². The van der Waals surface area contributed by atoms with Crippen LogP contribution in [0.1, 0.15) is 19.1 Å². The molecule has 0 aromatic carbocycles. The van der Waals surface area contributed by atoms with Gasteiger partial charge in [-0.2, -0.15) is 0 Å². The summed E-state index contributed by atoms with van der Waals surface area (Å²) in [6, 6.07) is 3.63. The number of carbonyl (C=O) groups excluding carboxylic acids is 2. The Morgan fingerprint density at radius 3 is 2.75 bits per heavy atom. The van der Waals surface area contributed by atoms with Crippen molar-refractivity contribution >= 4 is 11.8 Å². The molecule has 24 heavy (non-hydrogen) atoms. The lowest BCUT2D eigenvalue weighted by molar-refractivity contribution is -0.137.